The van der Waals surface area contributed by atoms with Crippen LogP contribution in [-0.4, -0.2) is 53.3 Å². The van der Waals surface area contributed by atoms with Crippen LogP contribution >= 0.6 is 0 Å². The number of ether oxygens (including phenoxy) is 1. The molecule has 1 saturated heterocycles. The van der Waals surface area contributed by atoms with E-state index in [4.69, 9.17) is 4.74 Å². The summed E-state index contributed by atoms with van der Waals surface area (Å²) in [4.78, 5) is 25.9. The summed E-state index contributed by atoms with van der Waals surface area (Å²) in [6.07, 6.45) is 0.425. The molecule has 1 aromatic rings. The highest BCUT2D eigenvalue weighted by Crippen LogP contribution is 2.32. The number of nitrogens with zero attached hydrogens (tertiary/aromatic N) is 2. The Bertz CT molecular complexity index is 593. The van der Waals surface area contributed by atoms with E-state index in [-0.39, 0.29) is 19.1 Å². The van der Waals surface area contributed by atoms with E-state index >= 15 is 0 Å². The molecule has 6 heteroatoms. The number of carbonyl (C=O) groups excluding carboxylic acids is 1. The molecule has 22 heavy (non-hydrogen) atoms. The Morgan fingerprint density at radius 1 is 1.41 bits per heavy atom. The van der Waals surface area contributed by atoms with Crippen LogP contribution in [0.1, 0.15) is 35.1 Å². The van der Waals surface area contributed by atoms with Crippen molar-refractivity contribution >= 4 is 11.9 Å². The fourth-order valence-electron chi connectivity index (χ4n) is 3.35. The van der Waals surface area contributed by atoms with Crippen molar-refractivity contribution in [3.05, 3.63) is 23.0 Å². The van der Waals surface area contributed by atoms with Gasteiger partial charge < -0.3 is 19.3 Å². The van der Waals surface area contributed by atoms with E-state index in [0.717, 1.165) is 17.9 Å². The first-order valence-electron chi connectivity index (χ1n) is 7.54. The number of aromatic nitrogens is 1. The van der Waals surface area contributed by atoms with Crippen molar-refractivity contribution in [1.29, 1.82) is 0 Å². The summed E-state index contributed by atoms with van der Waals surface area (Å²) in [7, 11) is 1.49. The van der Waals surface area contributed by atoms with Crippen LogP contribution in [0.4, 0.5) is 0 Å². The van der Waals surface area contributed by atoms with Crippen molar-refractivity contribution in [1.82, 2.24) is 9.47 Å². The molecule has 1 aromatic heterocycles. The summed E-state index contributed by atoms with van der Waals surface area (Å²) >= 11 is 0. The number of rotatable bonds is 5. The van der Waals surface area contributed by atoms with E-state index in [1.165, 1.54) is 7.11 Å². The summed E-state index contributed by atoms with van der Waals surface area (Å²) in [6, 6.07) is 1.89. The highest BCUT2D eigenvalue weighted by atomic mass is 16.5. The summed E-state index contributed by atoms with van der Waals surface area (Å²) in [5.74, 6) is -0.990. The predicted octanol–water partition coefficient (Wildman–Crippen LogP) is 1.69. The van der Waals surface area contributed by atoms with Gasteiger partial charge in [0.25, 0.3) is 5.91 Å². The van der Waals surface area contributed by atoms with Crippen LogP contribution in [-0.2, 0) is 16.1 Å². The average Bonchev–Trinajstić information content (AvgIpc) is 3.01. The largest absolute Gasteiger partial charge is 0.481 e. The van der Waals surface area contributed by atoms with Gasteiger partial charge in [-0.3, -0.25) is 9.59 Å². The Morgan fingerprint density at radius 2 is 2.09 bits per heavy atom. The van der Waals surface area contributed by atoms with Gasteiger partial charge in [0.15, 0.2) is 0 Å². The summed E-state index contributed by atoms with van der Waals surface area (Å²) in [5, 5.41) is 9.48. The molecule has 1 atom stereocenters. The van der Waals surface area contributed by atoms with Gasteiger partial charge in [0.2, 0.25) is 0 Å². The maximum Gasteiger partial charge on any atom is 0.313 e. The molecule has 1 fully saturated rings. The average molecular weight is 308 g/mol. The standard InChI is InChI=1S/C16H24N2O4/c1-5-18-11(2)8-13(12(18)3)14(19)17-7-6-16(9-17,10-22-4)15(20)21/h8H,5-7,9-10H2,1-4H3,(H,20,21). The second-order valence-corrected chi connectivity index (χ2v) is 6.02. The van der Waals surface area contributed by atoms with Crippen LogP contribution in [0.15, 0.2) is 6.07 Å². The van der Waals surface area contributed by atoms with Gasteiger partial charge in [-0.1, -0.05) is 0 Å². The van der Waals surface area contributed by atoms with Crippen LogP contribution in [0.3, 0.4) is 0 Å². The number of carboxylic acids is 1. The normalized spacial score (nSPS) is 21.4. The number of hydrogen-bond donors (Lipinski definition) is 1. The lowest BCUT2D eigenvalue weighted by molar-refractivity contribution is -0.151. The molecule has 2 heterocycles. The maximum absolute atomic E-state index is 12.7. The molecular formula is C16H24N2O4. The van der Waals surface area contributed by atoms with E-state index < -0.39 is 11.4 Å². The molecule has 122 valence electrons. The van der Waals surface area contributed by atoms with Gasteiger partial charge in [-0.15, -0.1) is 0 Å². The third-order valence-corrected chi connectivity index (χ3v) is 4.64. The lowest BCUT2D eigenvalue weighted by Gasteiger charge is -2.23. The number of carbonyl (C=O) groups is 2. The molecule has 1 aliphatic rings. The van der Waals surface area contributed by atoms with Crippen LogP contribution < -0.4 is 0 Å². The smallest absolute Gasteiger partial charge is 0.313 e. The number of aliphatic carboxylic acids is 1. The van der Waals surface area contributed by atoms with Gasteiger partial charge in [0.1, 0.15) is 5.41 Å². The lowest BCUT2D eigenvalue weighted by atomic mass is 9.88. The maximum atomic E-state index is 12.7. The third-order valence-electron chi connectivity index (χ3n) is 4.64. The summed E-state index contributed by atoms with van der Waals surface area (Å²) in [6.45, 7) is 7.53. The van der Waals surface area contributed by atoms with Crippen molar-refractivity contribution < 1.29 is 19.4 Å². The van der Waals surface area contributed by atoms with E-state index in [1.807, 2.05) is 26.8 Å². The minimum absolute atomic E-state index is 0.0907. The zero-order chi connectivity index (χ0) is 16.5. The van der Waals surface area contributed by atoms with Crippen molar-refractivity contribution in [2.75, 3.05) is 26.8 Å². The molecule has 0 saturated carbocycles. The van der Waals surface area contributed by atoms with Gasteiger partial charge in [-0.2, -0.15) is 0 Å². The molecule has 0 radical (unpaired) electrons. The van der Waals surface area contributed by atoms with E-state index in [1.54, 1.807) is 4.90 Å². The Hall–Kier alpha value is -1.82. The van der Waals surface area contributed by atoms with E-state index in [9.17, 15) is 14.7 Å². The van der Waals surface area contributed by atoms with Crippen molar-refractivity contribution in [3.63, 3.8) is 0 Å². The molecule has 6 nitrogen and oxygen atoms in total. The van der Waals surface area contributed by atoms with Gasteiger partial charge in [-0.25, -0.2) is 0 Å². The SMILES string of the molecule is CCn1c(C)cc(C(=O)N2CCC(COC)(C(=O)O)C2)c1C. The zero-order valence-corrected chi connectivity index (χ0v) is 13.7. The number of aryl methyl sites for hydroxylation is 1. The Kier molecular flexibility index (Phi) is 4.60. The van der Waals surface area contributed by atoms with Gasteiger partial charge in [-0.05, 0) is 33.3 Å². The monoisotopic (exact) mass is 308 g/mol. The van der Waals surface area contributed by atoms with Gasteiger partial charge >= 0.3 is 5.97 Å². The predicted molar refractivity (Wildman–Crippen MR) is 82.0 cm³/mol. The first-order valence-corrected chi connectivity index (χ1v) is 7.54. The molecule has 1 N–H and O–H groups in total. The molecule has 1 unspecified atom stereocenters. The molecule has 0 bridgehead atoms. The summed E-state index contributed by atoms with van der Waals surface area (Å²) in [5.41, 5.74) is 1.66. The highest BCUT2D eigenvalue weighted by Gasteiger charge is 2.46. The fourth-order valence-corrected chi connectivity index (χ4v) is 3.35. The number of methoxy groups -OCH3 is 1. The second kappa shape index (κ2) is 6.12. The zero-order valence-electron chi connectivity index (χ0n) is 13.7. The first kappa shape index (κ1) is 16.5. The molecule has 0 aliphatic carbocycles. The first-order chi connectivity index (χ1) is 10.4. The van der Waals surface area contributed by atoms with Crippen LogP contribution in [0, 0.1) is 19.3 Å². The number of likely N-dealkylation sites (tertiary alicyclic amines) is 1. The Morgan fingerprint density at radius 3 is 2.59 bits per heavy atom. The third kappa shape index (κ3) is 2.63. The molecular weight excluding hydrogens is 284 g/mol. The molecule has 0 spiro atoms. The van der Waals surface area contributed by atoms with Crippen molar-refractivity contribution in [2.45, 2.75) is 33.7 Å². The van der Waals surface area contributed by atoms with Crippen LogP contribution in [0.5, 0.6) is 0 Å². The number of hydrogen-bond acceptors (Lipinski definition) is 3. The highest BCUT2D eigenvalue weighted by molar-refractivity contribution is 5.96. The van der Waals surface area contributed by atoms with Crippen molar-refractivity contribution in [2.24, 2.45) is 5.41 Å². The fraction of sp³-hybridized carbons (Fsp3) is 0.625. The second-order valence-electron chi connectivity index (χ2n) is 6.02. The minimum Gasteiger partial charge on any atom is -0.481 e. The molecule has 2 rings (SSSR count). The van der Waals surface area contributed by atoms with Crippen LogP contribution in [0.2, 0.25) is 0 Å². The number of amides is 1. The Labute approximate surface area is 130 Å². The molecule has 0 aromatic carbocycles. The molecule has 1 amide bonds. The van der Waals surface area contributed by atoms with E-state index in [0.29, 0.717) is 18.5 Å². The minimum atomic E-state index is -0.985. The quantitative estimate of drug-likeness (QED) is 0.898. The number of carboxylic acid groups (broad SMARTS) is 1. The topological polar surface area (TPSA) is 71.8 Å². The van der Waals surface area contributed by atoms with Gasteiger partial charge in [0, 0.05) is 38.1 Å². The molecule has 1 aliphatic heterocycles. The van der Waals surface area contributed by atoms with Crippen molar-refractivity contribution in [3.8, 4) is 0 Å². The van der Waals surface area contributed by atoms with Gasteiger partial charge in [0.05, 0.1) is 12.2 Å². The summed E-state index contributed by atoms with van der Waals surface area (Å²) < 4.78 is 7.15. The Balaban J connectivity index is 2.24. The van der Waals surface area contributed by atoms with Crippen LogP contribution in [0.25, 0.3) is 0 Å². The van der Waals surface area contributed by atoms with E-state index in [2.05, 4.69) is 4.57 Å². The lowest BCUT2D eigenvalue weighted by Crippen LogP contribution is -2.40.